The van der Waals surface area contributed by atoms with Crippen LogP contribution in [0.4, 0.5) is 13.2 Å². The van der Waals surface area contributed by atoms with Crippen LogP contribution in [0.3, 0.4) is 0 Å². The Labute approximate surface area is 191 Å². The number of morpholine rings is 1. The third-order valence-electron chi connectivity index (χ3n) is 4.41. The highest BCUT2D eigenvalue weighted by atomic mass is 32.2. The zero-order valence-electron chi connectivity index (χ0n) is 17.1. The minimum absolute atomic E-state index is 0.103. The number of nitrogens with one attached hydrogen (secondary N) is 2. The number of hydrogen-bond acceptors (Lipinski definition) is 7. The molecule has 0 radical (unpaired) electrons. The standard InChI is InChI=1S/C19H20F3N3O6S2/c20-19(21,22)13-2-1-3-14(10-13)31-12-17(27)24-23-16(26)11-15-4-5-18(32-15)33(28,29)25-6-8-30-9-7-25/h1-5,10H,6-9,11-12H2,(H,23,26)(H,24,27). The average Bonchev–Trinajstić information content (AvgIpc) is 3.26. The van der Waals surface area contributed by atoms with Crippen LogP contribution >= 0.6 is 11.3 Å². The Balaban J connectivity index is 1.45. The molecule has 0 spiro atoms. The van der Waals surface area contributed by atoms with Gasteiger partial charge in [-0.15, -0.1) is 11.3 Å². The maximum absolute atomic E-state index is 12.7. The molecule has 1 fully saturated rings. The molecule has 1 saturated heterocycles. The Hall–Kier alpha value is -2.68. The van der Waals surface area contributed by atoms with E-state index in [9.17, 15) is 31.2 Å². The van der Waals surface area contributed by atoms with Gasteiger partial charge in [-0.05, 0) is 30.3 Å². The second kappa shape index (κ2) is 10.5. The van der Waals surface area contributed by atoms with Crippen molar-refractivity contribution in [2.24, 2.45) is 0 Å². The normalized spacial score (nSPS) is 15.1. The topological polar surface area (TPSA) is 114 Å². The number of carbonyl (C=O) groups excluding carboxylic acids is 2. The molecule has 14 heteroatoms. The fourth-order valence-electron chi connectivity index (χ4n) is 2.80. The van der Waals surface area contributed by atoms with Crippen molar-refractivity contribution in [1.29, 1.82) is 0 Å². The Morgan fingerprint density at radius 2 is 1.79 bits per heavy atom. The monoisotopic (exact) mass is 507 g/mol. The van der Waals surface area contributed by atoms with Crippen molar-refractivity contribution in [2.45, 2.75) is 16.8 Å². The van der Waals surface area contributed by atoms with Gasteiger partial charge in [0, 0.05) is 18.0 Å². The van der Waals surface area contributed by atoms with E-state index in [1.54, 1.807) is 0 Å². The van der Waals surface area contributed by atoms with Gasteiger partial charge >= 0.3 is 6.18 Å². The third kappa shape index (κ3) is 6.90. The van der Waals surface area contributed by atoms with Gasteiger partial charge in [-0.2, -0.15) is 17.5 Å². The van der Waals surface area contributed by atoms with Gasteiger partial charge in [-0.1, -0.05) is 6.07 Å². The number of hydrogen-bond donors (Lipinski definition) is 2. The molecule has 2 heterocycles. The molecular formula is C19H20F3N3O6S2. The van der Waals surface area contributed by atoms with Crippen molar-refractivity contribution in [3.8, 4) is 5.75 Å². The lowest BCUT2D eigenvalue weighted by molar-refractivity contribution is -0.137. The van der Waals surface area contributed by atoms with Crippen molar-refractivity contribution < 1.29 is 40.7 Å². The van der Waals surface area contributed by atoms with Crippen LogP contribution in [-0.4, -0.2) is 57.4 Å². The smallest absolute Gasteiger partial charge is 0.416 e. The van der Waals surface area contributed by atoms with E-state index in [-0.39, 0.29) is 29.5 Å². The second-order valence-electron chi connectivity index (χ2n) is 6.82. The fourth-order valence-corrected chi connectivity index (χ4v) is 5.71. The summed E-state index contributed by atoms with van der Waals surface area (Å²) in [5.74, 6) is -1.55. The molecule has 9 nitrogen and oxygen atoms in total. The first kappa shape index (κ1) is 25.0. The summed E-state index contributed by atoms with van der Waals surface area (Å²) in [4.78, 5) is 24.3. The summed E-state index contributed by atoms with van der Waals surface area (Å²) in [6.45, 7) is 0.520. The molecule has 1 aromatic heterocycles. The van der Waals surface area contributed by atoms with Gasteiger partial charge in [0.15, 0.2) is 6.61 Å². The van der Waals surface area contributed by atoms with E-state index >= 15 is 0 Å². The van der Waals surface area contributed by atoms with E-state index in [2.05, 4.69) is 10.9 Å². The number of rotatable bonds is 7. The van der Waals surface area contributed by atoms with Gasteiger partial charge in [0.1, 0.15) is 9.96 Å². The van der Waals surface area contributed by atoms with E-state index in [0.29, 0.717) is 18.1 Å². The first-order valence-electron chi connectivity index (χ1n) is 9.60. The summed E-state index contributed by atoms with van der Waals surface area (Å²) < 4.78 is 74.9. The second-order valence-corrected chi connectivity index (χ2v) is 10.2. The van der Waals surface area contributed by atoms with E-state index in [0.717, 1.165) is 29.5 Å². The largest absolute Gasteiger partial charge is 0.484 e. The number of nitrogens with zero attached hydrogens (tertiary/aromatic N) is 1. The summed E-state index contributed by atoms with van der Waals surface area (Å²) in [6.07, 6.45) is -4.73. The lowest BCUT2D eigenvalue weighted by Crippen LogP contribution is -2.44. The number of amides is 2. The summed E-state index contributed by atoms with van der Waals surface area (Å²) in [6, 6.07) is 6.96. The molecule has 0 aliphatic carbocycles. The average molecular weight is 508 g/mol. The minimum Gasteiger partial charge on any atom is -0.484 e. The fraction of sp³-hybridized carbons (Fsp3) is 0.368. The number of carbonyl (C=O) groups is 2. The molecule has 1 aromatic carbocycles. The highest BCUT2D eigenvalue weighted by Crippen LogP contribution is 2.31. The maximum Gasteiger partial charge on any atom is 0.416 e. The molecular weight excluding hydrogens is 487 g/mol. The Morgan fingerprint density at radius 1 is 1.09 bits per heavy atom. The van der Waals surface area contributed by atoms with Crippen LogP contribution in [0.1, 0.15) is 10.4 Å². The van der Waals surface area contributed by atoms with Crippen molar-refractivity contribution >= 4 is 33.2 Å². The highest BCUT2D eigenvalue weighted by molar-refractivity contribution is 7.91. The first-order valence-corrected chi connectivity index (χ1v) is 11.9. The Kier molecular flexibility index (Phi) is 7.94. The zero-order valence-corrected chi connectivity index (χ0v) is 18.7. The molecule has 0 unspecified atom stereocenters. The van der Waals surface area contributed by atoms with Crippen LogP contribution < -0.4 is 15.6 Å². The Morgan fingerprint density at radius 3 is 2.48 bits per heavy atom. The summed E-state index contributed by atoms with van der Waals surface area (Å²) in [5.41, 5.74) is 3.31. The van der Waals surface area contributed by atoms with Crippen LogP contribution in [0.15, 0.2) is 40.6 Å². The summed E-state index contributed by atoms with van der Waals surface area (Å²) >= 11 is 0.946. The van der Waals surface area contributed by atoms with Gasteiger partial charge in [-0.3, -0.25) is 20.4 Å². The number of sulfonamides is 1. The SMILES string of the molecule is O=C(COc1cccc(C(F)(F)F)c1)NNC(=O)Cc1ccc(S(=O)(=O)N2CCOCC2)s1. The van der Waals surface area contributed by atoms with Crippen molar-refractivity contribution in [1.82, 2.24) is 15.2 Å². The molecule has 0 atom stereocenters. The predicted molar refractivity (Wildman–Crippen MR) is 111 cm³/mol. The summed E-state index contributed by atoms with van der Waals surface area (Å²) in [7, 11) is -3.67. The molecule has 3 rings (SSSR count). The molecule has 2 aromatic rings. The number of thiophene rings is 1. The predicted octanol–water partition coefficient (Wildman–Crippen LogP) is 1.56. The minimum atomic E-state index is -4.54. The van der Waals surface area contributed by atoms with Gasteiger partial charge in [0.2, 0.25) is 5.91 Å². The number of hydrazine groups is 1. The number of halogens is 3. The quantitative estimate of drug-likeness (QED) is 0.550. The van der Waals surface area contributed by atoms with Crippen molar-refractivity contribution in [3.63, 3.8) is 0 Å². The molecule has 33 heavy (non-hydrogen) atoms. The number of benzene rings is 1. The number of ether oxygens (including phenoxy) is 2. The molecule has 0 bridgehead atoms. The zero-order chi connectivity index (χ0) is 24.1. The van der Waals surface area contributed by atoms with Crippen LogP contribution in [0.25, 0.3) is 0 Å². The number of alkyl halides is 3. The van der Waals surface area contributed by atoms with Gasteiger partial charge in [0.25, 0.3) is 15.9 Å². The van der Waals surface area contributed by atoms with Gasteiger partial charge in [0.05, 0.1) is 25.2 Å². The third-order valence-corrected chi connectivity index (χ3v) is 7.86. The van der Waals surface area contributed by atoms with Crippen molar-refractivity contribution in [3.05, 3.63) is 46.8 Å². The Bertz CT molecular complexity index is 1100. The molecule has 0 saturated carbocycles. The van der Waals surface area contributed by atoms with Crippen LogP contribution in [-0.2, 0) is 36.9 Å². The van der Waals surface area contributed by atoms with Crippen molar-refractivity contribution in [2.75, 3.05) is 32.9 Å². The van der Waals surface area contributed by atoms with E-state index < -0.39 is 40.2 Å². The molecule has 1 aliphatic heterocycles. The van der Waals surface area contributed by atoms with Crippen LogP contribution in [0.2, 0.25) is 0 Å². The van der Waals surface area contributed by atoms with Gasteiger partial charge < -0.3 is 9.47 Å². The first-order chi connectivity index (χ1) is 15.6. The molecule has 1 aliphatic rings. The molecule has 2 amide bonds. The van der Waals surface area contributed by atoms with E-state index in [4.69, 9.17) is 9.47 Å². The van der Waals surface area contributed by atoms with Crippen LogP contribution in [0, 0.1) is 0 Å². The van der Waals surface area contributed by atoms with E-state index in [1.165, 1.54) is 22.5 Å². The maximum atomic E-state index is 12.7. The lowest BCUT2D eigenvalue weighted by atomic mass is 10.2. The molecule has 180 valence electrons. The molecule has 2 N–H and O–H groups in total. The highest BCUT2D eigenvalue weighted by Gasteiger charge is 2.31. The summed E-state index contributed by atoms with van der Waals surface area (Å²) in [5, 5.41) is 0. The lowest BCUT2D eigenvalue weighted by Gasteiger charge is -2.25. The van der Waals surface area contributed by atoms with Gasteiger partial charge in [-0.25, -0.2) is 8.42 Å². The van der Waals surface area contributed by atoms with Crippen LogP contribution in [0.5, 0.6) is 5.75 Å². The van der Waals surface area contributed by atoms with E-state index in [1.807, 2.05) is 0 Å².